The van der Waals surface area contributed by atoms with Crippen molar-refractivity contribution in [1.29, 1.82) is 0 Å². The fourth-order valence-corrected chi connectivity index (χ4v) is 5.41. The quantitative estimate of drug-likeness (QED) is 0.729. The smallest absolute Gasteiger partial charge is 0.243 e. The molecular formula is C17H18N4O3S2. The number of morpholine rings is 1. The molecule has 1 atom stereocenters. The van der Waals surface area contributed by atoms with E-state index in [-0.39, 0.29) is 10.9 Å². The summed E-state index contributed by atoms with van der Waals surface area (Å²) in [7, 11) is -3.52. The van der Waals surface area contributed by atoms with Crippen molar-refractivity contribution in [3.05, 3.63) is 53.3 Å². The van der Waals surface area contributed by atoms with Crippen LogP contribution >= 0.6 is 11.3 Å². The Hall–Kier alpha value is -1.91. The van der Waals surface area contributed by atoms with E-state index < -0.39 is 10.0 Å². The third kappa shape index (κ3) is 3.24. The van der Waals surface area contributed by atoms with E-state index in [2.05, 4.69) is 9.97 Å². The van der Waals surface area contributed by atoms with E-state index in [0.717, 1.165) is 20.8 Å². The SMILES string of the molecule is NC(c1ccncc1)c1nc2ccc(S(=O)(=O)N3CCOCC3)cc2s1. The predicted molar refractivity (Wildman–Crippen MR) is 99.5 cm³/mol. The minimum Gasteiger partial charge on any atom is -0.379 e. The van der Waals surface area contributed by atoms with Crippen molar-refractivity contribution < 1.29 is 13.2 Å². The van der Waals surface area contributed by atoms with Crippen LogP contribution < -0.4 is 5.73 Å². The van der Waals surface area contributed by atoms with E-state index in [1.807, 2.05) is 12.1 Å². The van der Waals surface area contributed by atoms with Gasteiger partial charge < -0.3 is 10.5 Å². The third-order valence-corrected chi connectivity index (χ3v) is 7.31. The monoisotopic (exact) mass is 390 g/mol. The minimum atomic E-state index is -3.52. The predicted octanol–water partition coefficient (Wildman–Crippen LogP) is 1.76. The van der Waals surface area contributed by atoms with Gasteiger partial charge in [0.25, 0.3) is 0 Å². The van der Waals surface area contributed by atoms with Crippen LogP contribution in [0.4, 0.5) is 0 Å². The summed E-state index contributed by atoms with van der Waals surface area (Å²) in [5.41, 5.74) is 7.96. The Morgan fingerprint density at radius 3 is 2.62 bits per heavy atom. The Morgan fingerprint density at radius 2 is 1.88 bits per heavy atom. The zero-order valence-corrected chi connectivity index (χ0v) is 15.5. The lowest BCUT2D eigenvalue weighted by atomic mass is 10.1. The Kier molecular flexibility index (Phi) is 4.72. The lowest BCUT2D eigenvalue weighted by molar-refractivity contribution is 0.0730. The molecule has 2 N–H and O–H groups in total. The molecule has 1 aliphatic heterocycles. The molecule has 1 aliphatic rings. The van der Waals surface area contributed by atoms with Gasteiger partial charge in [-0.3, -0.25) is 4.98 Å². The van der Waals surface area contributed by atoms with Gasteiger partial charge in [-0.05, 0) is 35.9 Å². The number of thiazole rings is 1. The number of pyridine rings is 1. The van der Waals surface area contributed by atoms with Crippen LogP contribution in [0.15, 0.2) is 47.6 Å². The second-order valence-corrected chi connectivity index (χ2v) is 8.96. The van der Waals surface area contributed by atoms with E-state index in [1.54, 1.807) is 30.6 Å². The van der Waals surface area contributed by atoms with Crippen LogP contribution in [0.5, 0.6) is 0 Å². The van der Waals surface area contributed by atoms with Crippen LogP contribution in [0.2, 0.25) is 0 Å². The molecule has 0 spiro atoms. The molecule has 4 rings (SSSR count). The maximum atomic E-state index is 12.8. The van der Waals surface area contributed by atoms with Crippen molar-refractivity contribution >= 4 is 31.6 Å². The summed E-state index contributed by atoms with van der Waals surface area (Å²) in [4.78, 5) is 8.84. The van der Waals surface area contributed by atoms with Crippen molar-refractivity contribution in [2.75, 3.05) is 26.3 Å². The van der Waals surface area contributed by atoms with Gasteiger partial charge in [-0.15, -0.1) is 11.3 Å². The van der Waals surface area contributed by atoms with E-state index in [4.69, 9.17) is 10.5 Å². The summed E-state index contributed by atoms with van der Waals surface area (Å²) in [6.07, 6.45) is 3.38. The van der Waals surface area contributed by atoms with Gasteiger partial charge in [-0.25, -0.2) is 13.4 Å². The van der Waals surface area contributed by atoms with Gasteiger partial charge in [0.1, 0.15) is 5.01 Å². The third-order valence-electron chi connectivity index (χ3n) is 4.32. The average molecular weight is 390 g/mol. The maximum Gasteiger partial charge on any atom is 0.243 e. The minimum absolute atomic E-state index is 0.277. The molecule has 1 aromatic carbocycles. The molecule has 26 heavy (non-hydrogen) atoms. The zero-order valence-electron chi connectivity index (χ0n) is 13.9. The van der Waals surface area contributed by atoms with E-state index >= 15 is 0 Å². The van der Waals surface area contributed by atoms with Gasteiger partial charge in [0.2, 0.25) is 10.0 Å². The van der Waals surface area contributed by atoms with Gasteiger partial charge in [-0.1, -0.05) is 0 Å². The summed E-state index contributed by atoms with van der Waals surface area (Å²) in [6.45, 7) is 1.60. The lowest BCUT2D eigenvalue weighted by Gasteiger charge is -2.25. The molecule has 1 fully saturated rings. The molecule has 0 amide bonds. The number of ether oxygens (including phenoxy) is 1. The zero-order chi connectivity index (χ0) is 18.1. The Bertz CT molecular complexity index is 1010. The lowest BCUT2D eigenvalue weighted by Crippen LogP contribution is -2.40. The summed E-state index contributed by atoms with van der Waals surface area (Å²) < 4.78 is 33.1. The van der Waals surface area contributed by atoms with Crippen LogP contribution in [0.3, 0.4) is 0 Å². The number of benzene rings is 1. The van der Waals surface area contributed by atoms with Gasteiger partial charge in [-0.2, -0.15) is 4.31 Å². The average Bonchev–Trinajstić information content (AvgIpc) is 3.12. The first-order chi connectivity index (χ1) is 12.6. The largest absolute Gasteiger partial charge is 0.379 e. The van der Waals surface area contributed by atoms with E-state index in [9.17, 15) is 8.42 Å². The number of fused-ring (bicyclic) bond motifs is 1. The van der Waals surface area contributed by atoms with Gasteiger partial charge in [0.05, 0.1) is 34.4 Å². The normalized spacial score (nSPS) is 17.4. The number of hydrogen-bond acceptors (Lipinski definition) is 7. The van der Waals surface area contributed by atoms with Crippen LogP contribution in [-0.2, 0) is 14.8 Å². The first-order valence-corrected chi connectivity index (χ1v) is 10.5. The van der Waals surface area contributed by atoms with E-state index in [1.165, 1.54) is 15.6 Å². The highest BCUT2D eigenvalue weighted by Crippen LogP contribution is 2.31. The number of sulfonamides is 1. The van der Waals surface area contributed by atoms with Crippen LogP contribution in [0.25, 0.3) is 10.2 Å². The molecule has 1 saturated heterocycles. The summed E-state index contributed by atoms with van der Waals surface area (Å²) >= 11 is 1.41. The molecule has 2 aromatic heterocycles. The number of rotatable bonds is 4. The molecule has 7 nitrogen and oxygen atoms in total. The number of nitrogens with two attached hydrogens (primary N) is 1. The highest BCUT2D eigenvalue weighted by molar-refractivity contribution is 7.89. The Morgan fingerprint density at radius 1 is 1.15 bits per heavy atom. The van der Waals surface area contributed by atoms with Gasteiger partial charge >= 0.3 is 0 Å². The fraction of sp³-hybridized carbons (Fsp3) is 0.294. The summed E-state index contributed by atoms with van der Waals surface area (Å²) in [5, 5.41) is 0.743. The molecular weight excluding hydrogens is 372 g/mol. The van der Waals surface area contributed by atoms with Crippen molar-refractivity contribution in [3.63, 3.8) is 0 Å². The Balaban J connectivity index is 1.68. The first kappa shape index (κ1) is 17.5. The summed E-state index contributed by atoms with van der Waals surface area (Å²) in [5.74, 6) is 0. The van der Waals surface area contributed by atoms with Crippen molar-refractivity contribution in [2.24, 2.45) is 5.73 Å². The number of aromatic nitrogens is 2. The standard InChI is InChI=1S/C17H18N4O3S2/c18-16(12-3-5-19-6-4-12)17-20-14-2-1-13(11-15(14)25-17)26(22,23)21-7-9-24-10-8-21/h1-6,11,16H,7-10,18H2. The molecule has 3 heterocycles. The number of nitrogens with zero attached hydrogens (tertiary/aromatic N) is 3. The first-order valence-electron chi connectivity index (χ1n) is 8.19. The van der Waals surface area contributed by atoms with Crippen LogP contribution in [0, 0.1) is 0 Å². The molecule has 136 valence electrons. The molecule has 3 aromatic rings. The molecule has 1 unspecified atom stereocenters. The van der Waals surface area contributed by atoms with E-state index in [0.29, 0.717) is 26.3 Å². The topological polar surface area (TPSA) is 98.4 Å². The van der Waals surface area contributed by atoms with Crippen molar-refractivity contribution in [3.8, 4) is 0 Å². The van der Waals surface area contributed by atoms with Gasteiger partial charge in [0, 0.05) is 25.5 Å². The van der Waals surface area contributed by atoms with Gasteiger partial charge in [0.15, 0.2) is 0 Å². The van der Waals surface area contributed by atoms with Crippen LogP contribution in [0.1, 0.15) is 16.6 Å². The second kappa shape index (κ2) is 7.01. The molecule has 9 heteroatoms. The highest BCUT2D eigenvalue weighted by Gasteiger charge is 2.27. The molecule has 0 radical (unpaired) electrons. The highest BCUT2D eigenvalue weighted by atomic mass is 32.2. The van der Waals surface area contributed by atoms with Crippen molar-refractivity contribution in [1.82, 2.24) is 14.3 Å². The Labute approximate surface area is 155 Å². The molecule has 0 bridgehead atoms. The molecule has 0 saturated carbocycles. The van der Waals surface area contributed by atoms with Crippen molar-refractivity contribution in [2.45, 2.75) is 10.9 Å². The van der Waals surface area contributed by atoms with Crippen LogP contribution in [-0.4, -0.2) is 49.0 Å². The fourth-order valence-electron chi connectivity index (χ4n) is 2.87. The second-order valence-electron chi connectivity index (χ2n) is 5.96. The number of hydrogen-bond donors (Lipinski definition) is 1. The molecule has 0 aliphatic carbocycles. The maximum absolute atomic E-state index is 12.8. The summed E-state index contributed by atoms with van der Waals surface area (Å²) in [6, 6.07) is 8.36.